The summed E-state index contributed by atoms with van der Waals surface area (Å²) < 4.78 is 0. The fourth-order valence-corrected chi connectivity index (χ4v) is 0.680. The van der Waals surface area contributed by atoms with Crippen LogP contribution in [0.15, 0.2) is 36.5 Å². The minimum atomic E-state index is 0. The zero-order valence-corrected chi connectivity index (χ0v) is 7.68. The fourth-order valence-electron chi connectivity index (χ4n) is 0.680. The SMILES string of the molecule is O.[C-]1=CC=CC1.[C-]1=CC=CC1.[Ni+2]. The Labute approximate surface area is 83.8 Å². The van der Waals surface area contributed by atoms with Crippen molar-refractivity contribution >= 4 is 0 Å². The summed E-state index contributed by atoms with van der Waals surface area (Å²) in [6, 6.07) is 0. The summed E-state index contributed by atoms with van der Waals surface area (Å²) in [6.07, 6.45) is 20.0. The monoisotopic (exact) mass is 206 g/mol. The van der Waals surface area contributed by atoms with Gasteiger partial charge in [-0.15, -0.1) is 12.8 Å². The Kier molecular flexibility index (Phi) is 12.1. The van der Waals surface area contributed by atoms with Crippen LogP contribution in [0, 0.1) is 12.2 Å². The Hall–Kier alpha value is -0.586. The normalized spacial score (nSPS) is 14.7. The number of allylic oxidation sites excluding steroid dienone is 8. The van der Waals surface area contributed by atoms with Gasteiger partial charge in [0.15, 0.2) is 0 Å². The zero-order chi connectivity index (χ0) is 7.07. The van der Waals surface area contributed by atoms with Crippen LogP contribution in [0.1, 0.15) is 12.8 Å². The van der Waals surface area contributed by atoms with Crippen LogP contribution in [0.2, 0.25) is 0 Å². The van der Waals surface area contributed by atoms with E-state index in [0.717, 1.165) is 12.8 Å². The van der Waals surface area contributed by atoms with Crippen LogP contribution >= 0.6 is 0 Å². The van der Waals surface area contributed by atoms with E-state index in [9.17, 15) is 0 Å². The van der Waals surface area contributed by atoms with Crippen LogP contribution in [0.3, 0.4) is 0 Å². The number of rotatable bonds is 0. The van der Waals surface area contributed by atoms with E-state index in [2.05, 4.69) is 24.3 Å². The molecule has 0 heterocycles. The molecule has 68 valence electrons. The van der Waals surface area contributed by atoms with Crippen molar-refractivity contribution in [2.45, 2.75) is 12.8 Å². The molecular weight excluding hydrogens is 195 g/mol. The minimum Gasteiger partial charge on any atom is -0.412 e. The Morgan fingerprint density at radius 1 is 0.833 bits per heavy atom. The van der Waals surface area contributed by atoms with Gasteiger partial charge >= 0.3 is 16.5 Å². The average Bonchev–Trinajstić information content (AvgIpc) is 2.67. The second-order valence-electron chi connectivity index (χ2n) is 2.01. The second-order valence-corrected chi connectivity index (χ2v) is 2.01. The van der Waals surface area contributed by atoms with Crippen molar-refractivity contribution < 1.29 is 22.0 Å². The van der Waals surface area contributed by atoms with E-state index in [-0.39, 0.29) is 22.0 Å². The molecule has 2 heteroatoms. The van der Waals surface area contributed by atoms with Gasteiger partial charge in [-0.25, -0.2) is 24.3 Å². The van der Waals surface area contributed by atoms with Crippen LogP contribution in [0.4, 0.5) is 0 Å². The summed E-state index contributed by atoms with van der Waals surface area (Å²) in [5, 5.41) is 0. The molecule has 0 saturated carbocycles. The van der Waals surface area contributed by atoms with E-state index in [1.807, 2.05) is 24.3 Å². The molecular formula is C10H12NiO. The Bertz CT molecular complexity index is 148. The van der Waals surface area contributed by atoms with Crippen molar-refractivity contribution in [1.82, 2.24) is 0 Å². The maximum absolute atomic E-state index is 2.99. The fraction of sp³-hybridized carbons (Fsp3) is 0.200. The van der Waals surface area contributed by atoms with Crippen molar-refractivity contribution in [3.8, 4) is 0 Å². The van der Waals surface area contributed by atoms with Gasteiger partial charge in [-0.2, -0.15) is 12.2 Å². The van der Waals surface area contributed by atoms with E-state index in [1.54, 1.807) is 0 Å². The van der Waals surface area contributed by atoms with Crippen molar-refractivity contribution in [3.63, 3.8) is 0 Å². The maximum atomic E-state index is 2.99. The van der Waals surface area contributed by atoms with Gasteiger partial charge < -0.3 is 5.48 Å². The molecule has 0 aromatic carbocycles. The molecule has 2 rings (SSSR count). The van der Waals surface area contributed by atoms with Crippen molar-refractivity contribution in [2.24, 2.45) is 0 Å². The quantitative estimate of drug-likeness (QED) is 0.428. The van der Waals surface area contributed by atoms with Crippen molar-refractivity contribution in [3.05, 3.63) is 48.6 Å². The number of hydrogen-bond donors (Lipinski definition) is 0. The molecule has 0 saturated heterocycles. The van der Waals surface area contributed by atoms with Crippen LogP contribution in [0.5, 0.6) is 0 Å². The molecule has 0 aromatic heterocycles. The standard InChI is InChI=1S/2C5H5.Ni.H2O/c2*1-2-4-5-3-1;;/h2*1-3H,4H2;;1H2/q2*-1;+2;. The molecule has 0 fully saturated rings. The van der Waals surface area contributed by atoms with Crippen LogP contribution < -0.4 is 0 Å². The van der Waals surface area contributed by atoms with Gasteiger partial charge in [-0.1, -0.05) is 0 Å². The molecule has 2 aliphatic rings. The Balaban J connectivity index is 0. The molecule has 0 aromatic rings. The molecule has 2 N–H and O–H groups in total. The van der Waals surface area contributed by atoms with E-state index in [1.165, 1.54) is 0 Å². The summed E-state index contributed by atoms with van der Waals surface area (Å²) in [7, 11) is 0. The molecule has 12 heavy (non-hydrogen) atoms. The predicted octanol–water partition coefficient (Wildman–Crippen LogP) is 1.78. The molecule has 1 nitrogen and oxygen atoms in total. The van der Waals surface area contributed by atoms with Gasteiger partial charge in [0, 0.05) is 0 Å². The smallest absolute Gasteiger partial charge is 0.412 e. The van der Waals surface area contributed by atoms with Crippen molar-refractivity contribution in [2.75, 3.05) is 0 Å². The third-order valence-corrected chi connectivity index (χ3v) is 1.17. The summed E-state index contributed by atoms with van der Waals surface area (Å²) in [5.41, 5.74) is 0. The van der Waals surface area contributed by atoms with E-state index < -0.39 is 0 Å². The van der Waals surface area contributed by atoms with Gasteiger partial charge in [-0.3, -0.25) is 12.2 Å². The van der Waals surface area contributed by atoms with Crippen molar-refractivity contribution in [1.29, 1.82) is 0 Å². The number of hydrogen-bond acceptors (Lipinski definition) is 0. The van der Waals surface area contributed by atoms with Gasteiger partial charge in [0.25, 0.3) is 0 Å². The van der Waals surface area contributed by atoms with Crippen LogP contribution in [0.25, 0.3) is 0 Å². The summed E-state index contributed by atoms with van der Waals surface area (Å²) in [6.45, 7) is 0. The molecule has 0 atom stereocenters. The summed E-state index contributed by atoms with van der Waals surface area (Å²) in [4.78, 5) is 0. The molecule has 0 unspecified atom stereocenters. The molecule has 0 spiro atoms. The first kappa shape index (κ1) is 14.0. The minimum absolute atomic E-state index is 0. The Morgan fingerprint density at radius 3 is 1.33 bits per heavy atom. The molecule has 2 aliphatic carbocycles. The Morgan fingerprint density at radius 2 is 1.25 bits per heavy atom. The predicted molar refractivity (Wildman–Crippen MR) is 46.8 cm³/mol. The maximum Gasteiger partial charge on any atom is 2.00 e. The third kappa shape index (κ3) is 7.52. The first-order chi connectivity index (χ1) is 5.00. The largest absolute Gasteiger partial charge is 2.00 e. The molecule has 0 bridgehead atoms. The average molecular weight is 207 g/mol. The van der Waals surface area contributed by atoms with Crippen LogP contribution in [-0.2, 0) is 16.5 Å². The zero-order valence-electron chi connectivity index (χ0n) is 6.69. The second kappa shape index (κ2) is 10.4. The summed E-state index contributed by atoms with van der Waals surface area (Å²) >= 11 is 0. The molecule has 0 amide bonds. The van der Waals surface area contributed by atoms with E-state index in [4.69, 9.17) is 0 Å². The van der Waals surface area contributed by atoms with Gasteiger partial charge in [0.05, 0.1) is 0 Å². The van der Waals surface area contributed by atoms with Gasteiger partial charge in [-0.05, 0) is 0 Å². The molecule has 0 aliphatic heterocycles. The van der Waals surface area contributed by atoms with E-state index in [0.29, 0.717) is 0 Å². The van der Waals surface area contributed by atoms with E-state index >= 15 is 0 Å². The third-order valence-electron chi connectivity index (χ3n) is 1.17. The first-order valence-corrected chi connectivity index (χ1v) is 3.43. The molecule has 0 radical (unpaired) electrons. The van der Waals surface area contributed by atoms with Gasteiger partial charge in [0.1, 0.15) is 0 Å². The summed E-state index contributed by atoms with van der Waals surface area (Å²) in [5.74, 6) is 0. The topological polar surface area (TPSA) is 31.5 Å². The first-order valence-electron chi connectivity index (χ1n) is 3.43. The van der Waals surface area contributed by atoms with Crippen LogP contribution in [-0.4, -0.2) is 5.48 Å². The van der Waals surface area contributed by atoms with Gasteiger partial charge in [0.2, 0.25) is 0 Å².